The molecule has 0 unspecified atom stereocenters. The summed E-state index contributed by atoms with van der Waals surface area (Å²) in [6, 6.07) is 8.29. The molecule has 1 fully saturated rings. The third kappa shape index (κ3) is 10.7. The van der Waals surface area contributed by atoms with E-state index in [2.05, 4.69) is 9.88 Å². The molecular weight excluding hydrogens is 518 g/mol. The lowest BCUT2D eigenvalue weighted by Crippen LogP contribution is -2.42. The summed E-state index contributed by atoms with van der Waals surface area (Å²) in [4.78, 5) is 36.8. The third-order valence-corrected chi connectivity index (χ3v) is 6.44. The van der Waals surface area contributed by atoms with Gasteiger partial charge in [0.05, 0.1) is 25.6 Å². The minimum absolute atomic E-state index is 0.0884. The minimum Gasteiger partial charge on any atom is -0.481 e. The Morgan fingerprint density at radius 2 is 1.67 bits per heavy atom. The Hall–Kier alpha value is -3.48. The molecule has 10 nitrogen and oxygen atoms in total. The van der Waals surface area contributed by atoms with Crippen LogP contribution in [-0.2, 0) is 32.1 Å². The Kier molecular flexibility index (Phi) is 11.9. The van der Waals surface area contributed by atoms with Crippen molar-refractivity contribution >= 4 is 17.9 Å². The number of aliphatic hydroxyl groups is 1. The number of aryl methyl sites for hydroxylation is 1. The molecule has 0 bridgehead atoms. The first-order valence-electron chi connectivity index (χ1n) is 12.4. The minimum atomic E-state index is -2.74. The van der Waals surface area contributed by atoms with Crippen LogP contribution in [0.5, 0.6) is 0 Å². The average molecular weight is 553 g/mol. The summed E-state index contributed by atoms with van der Waals surface area (Å²) in [7, 11) is 0. The zero-order chi connectivity index (χ0) is 29.1. The van der Waals surface area contributed by atoms with Gasteiger partial charge in [0.1, 0.15) is 11.6 Å². The summed E-state index contributed by atoms with van der Waals surface area (Å²) in [5.74, 6) is -5.51. The molecule has 0 spiro atoms. The molecular formula is C27H34F2N2O8. The monoisotopic (exact) mass is 552 g/mol. The molecule has 1 aliphatic rings. The van der Waals surface area contributed by atoms with E-state index < -0.39 is 36.4 Å². The van der Waals surface area contributed by atoms with Gasteiger partial charge in [0.15, 0.2) is 5.60 Å². The fourth-order valence-corrected chi connectivity index (χ4v) is 4.45. The number of carbonyl (C=O) groups is 3. The van der Waals surface area contributed by atoms with E-state index in [0.29, 0.717) is 13.2 Å². The summed E-state index contributed by atoms with van der Waals surface area (Å²) in [5.41, 5.74) is -0.603. The first-order valence-corrected chi connectivity index (χ1v) is 12.4. The molecule has 1 aromatic carbocycles. The summed E-state index contributed by atoms with van der Waals surface area (Å²) in [5, 5.41) is 33.8. The SMILES string of the molecule is CCOC[C@@]1(CCc2ccc(F)cc2)CCN(Cc2cncc(F)c2)C1.O=C(O)CC(O)(CC(=O)O)C(=O)O. The number of nitrogens with zero attached hydrogens (tertiary/aromatic N) is 2. The Bertz CT molecular complexity index is 1100. The number of ether oxygens (including phenoxy) is 1. The first kappa shape index (κ1) is 31.7. The van der Waals surface area contributed by atoms with Gasteiger partial charge < -0.3 is 25.2 Å². The molecule has 214 valence electrons. The molecule has 0 radical (unpaired) electrons. The molecule has 0 amide bonds. The Balaban J connectivity index is 0.000000349. The molecule has 4 N–H and O–H groups in total. The quantitative estimate of drug-likeness (QED) is 0.291. The van der Waals surface area contributed by atoms with E-state index in [0.717, 1.165) is 50.1 Å². The van der Waals surface area contributed by atoms with Gasteiger partial charge in [-0.3, -0.25) is 19.5 Å². The van der Waals surface area contributed by atoms with Gasteiger partial charge in [-0.25, -0.2) is 13.6 Å². The first-order chi connectivity index (χ1) is 18.4. The van der Waals surface area contributed by atoms with Crippen LogP contribution < -0.4 is 0 Å². The second-order valence-corrected chi connectivity index (χ2v) is 9.71. The van der Waals surface area contributed by atoms with Gasteiger partial charge >= 0.3 is 17.9 Å². The smallest absolute Gasteiger partial charge is 0.336 e. The van der Waals surface area contributed by atoms with Crippen molar-refractivity contribution in [2.45, 2.75) is 51.2 Å². The van der Waals surface area contributed by atoms with E-state index in [4.69, 9.17) is 25.2 Å². The van der Waals surface area contributed by atoms with Crippen molar-refractivity contribution in [2.75, 3.05) is 26.3 Å². The number of rotatable bonds is 13. The maximum atomic E-state index is 13.4. The molecule has 2 heterocycles. The molecule has 0 aliphatic carbocycles. The maximum absolute atomic E-state index is 13.4. The van der Waals surface area contributed by atoms with E-state index in [1.165, 1.54) is 18.3 Å². The second-order valence-electron chi connectivity index (χ2n) is 9.71. The van der Waals surface area contributed by atoms with Gasteiger partial charge in [-0.1, -0.05) is 12.1 Å². The van der Waals surface area contributed by atoms with Crippen LogP contribution in [0.1, 0.15) is 43.7 Å². The lowest BCUT2D eigenvalue weighted by atomic mass is 9.82. The van der Waals surface area contributed by atoms with Crippen molar-refractivity contribution in [1.82, 2.24) is 9.88 Å². The number of benzene rings is 1. The summed E-state index contributed by atoms with van der Waals surface area (Å²) in [6.07, 6.45) is 3.62. The predicted octanol–water partition coefficient (Wildman–Crippen LogP) is 2.97. The van der Waals surface area contributed by atoms with Crippen LogP contribution in [-0.4, -0.2) is 80.1 Å². The highest BCUT2D eigenvalue weighted by molar-refractivity contribution is 5.88. The number of likely N-dealkylation sites (tertiary alicyclic amines) is 1. The van der Waals surface area contributed by atoms with Gasteiger partial charge in [0, 0.05) is 31.3 Å². The summed E-state index contributed by atoms with van der Waals surface area (Å²) < 4.78 is 32.3. The van der Waals surface area contributed by atoms with Crippen LogP contribution in [0.25, 0.3) is 0 Å². The van der Waals surface area contributed by atoms with Crippen molar-refractivity contribution in [3.63, 3.8) is 0 Å². The van der Waals surface area contributed by atoms with Crippen LogP contribution in [0.15, 0.2) is 42.7 Å². The number of pyridine rings is 1. The number of carboxylic acid groups (broad SMARTS) is 3. The van der Waals surface area contributed by atoms with Gasteiger partial charge in [-0.15, -0.1) is 0 Å². The van der Waals surface area contributed by atoms with Crippen LogP contribution in [0, 0.1) is 17.0 Å². The largest absolute Gasteiger partial charge is 0.481 e. The molecule has 1 aliphatic heterocycles. The van der Waals surface area contributed by atoms with Crippen molar-refractivity contribution in [2.24, 2.45) is 5.41 Å². The fourth-order valence-electron chi connectivity index (χ4n) is 4.45. The number of aromatic nitrogens is 1. The van der Waals surface area contributed by atoms with Crippen LogP contribution in [0.2, 0.25) is 0 Å². The standard InChI is InChI=1S/C21H26F2N2O.C6H8O7/c1-2-26-16-21(8-7-17-3-5-19(22)6-4-17)9-10-25(15-21)14-18-11-20(23)13-24-12-18;7-3(8)1-6(13,5(11)12)2-4(9)10/h3-6,11-13H,2,7-10,14-16H2,1H3;13H,1-2H2,(H,7,8)(H,9,10)(H,11,12)/t21-;/m0./s1. The second kappa shape index (κ2) is 14.6. The zero-order valence-electron chi connectivity index (χ0n) is 21.7. The predicted molar refractivity (Wildman–Crippen MR) is 135 cm³/mol. The molecule has 3 rings (SSSR count). The maximum Gasteiger partial charge on any atom is 0.336 e. The lowest BCUT2D eigenvalue weighted by Gasteiger charge is -2.29. The molecule has 12 heteroatoms. The Morgan fingerprint density at radius 3 is 2.21 bits per heavy atom. The molecule has 0 saturated carbocycles. The van der Waals surface area contributed by atoms with Gasteiger partial charge in [-0.05, 0) is 62.1 Å². The highest BCUT2D eigenvalue weighted by Crippen LogP contribution is 2.36. The Morgan fingerprint density at radius 1 is 1.03 bits per heavy atom. The number of halogens is 2. The van der Waals surface area contributed by atoms with Crippen molar-refractivity contribution < 1.29 is 48.3 Å². The van der Waals surface area contributed by atoms with Gasteiger partial charge in [-0.2, -0.15) is 0 Å². The molecule has 1 aromatic heterocycles. The molecule has 2 aromatic rings. The fraction of sp³-hybridized carbons (Fsp3) is 0.481. The van der Waals surface area contributed by atoms with Crippen molar-refractivity contribution in [3.8, 4) is 0 Å². The van der Waals surface area contributed by atoms with Crippen molar-refractivity contribution in [3.05, 3.63) is 65.5 Å². The van der Waals surface area contributed by atoms with Gasteiger partial charge in [0.2, 0.25) is 0 Å². The number of hydrogen-bond donors (Lipinski definition) is 4. The van der Waals surface area contributed by atoms with Crippen LogP contribution in [0.3, 0.4) is 0 Å². The highest BCUT2D eigenvalue weighted by Gasteiger charge is 2.41. The van der Waals surface area contributed by atoms with Gasteiger partial charge in [0.25, 0.3) is 0 Å². The zero-order valence-corrected chi connectivity index (χ0v) is 21.7. The van der Waals surface area contributed by atoms with E-state index in [-0.39, 0.29) is 17.0 Å². The van der Waals surface area contributed by atoms with E-state index in [1.807, 2.05) is 19.1 Å². The van der Waals surface area contributed by atoms with E-state index in [9.17, 15) is 23.2 Å². The topological polar surface area (TPSA) is 157 Å². The van der Waals surface area contributed by atoms with Crippen LogP contribution >= 0.6 is 0 Å². The summed E-state index contributed by atoms with van der Waals surface area (Å²) >= 11 is 0. The average Bonchev–Trinajstić information content (AvgIpc) is 3.24. The molecule has 1 saturated heterocycles. The van der Waals surface area contributed by atoms with E-state index >= 15 is 0 Å². The molecule has 39 heavy (non-hydrogen) atoms. The number of hydrogen-bond acceptors (Lipinski definition) is 7. The molecule has 1 atom stereocenters. The highest BCUT2D eigenvalue weighted by atomic mass is 19.1. The number of aliphatic carboxylic acids is 3. The summed E-state index contributed by atoms with van der Waals surface area (Å²) in [6.45, 7) is 6.03. The Labute approximate surface area is 224 Å². The van der Waals surface area contributed by atoms with Crippen LogP contribution in [0.4, 0.5) is 8.78 Å². The number of carboxylic acids is 3. The van der Waals surface area contributed by atoms with Crippen molar-refractivity contribution in [1.29, 1.82) is 0 Å². The lowest BCUT2D eigenvalue weighted by molar-refractivity contribution is -0.170. The van der Waals surface area contributed by atoms with E-state index in [1.54, 1.807) is 12.3 Å². The normalized spacial score (nSPS) is 17.3. The third-order valence-electron chi connectivity index (χ3n) is 6.44.